The van der Waals surface area contributed by atoms with Crippen molar-refractivity contribution in [3.63, 3.8) is 0 Å². The highest BCUT2D eigenvalue weighted by molar-refractivity contribution is 5.83. The third-order valence-corrected chi connectivity index (χ3v) is 1.61. The lowest BCUT2D eigenvalue weighted by molar-refractivity contribution is -0.165. The van der Waals surface area contributed by atoms with Gasteiger partial charge in [0.15, 0.2) is 24.4 Å². The molecule has 0 fully saturated rings. The molecule has 20 heavy (non-hydrogen) atoms. The van der Waals surface area contributed by atoms with E-state index < -0.39 is 48.3 Å². The van der Waals surface area contributed by atoms with Gasteiger partial charge in [0.05, 0.1) is 0 Å². The minimum atomic E-state index is -2.27. The Labute approximate surface area is 109 Å². The van der Waals surface area contributed by atoms with Crippen LogP contribution in [0.4, 0.5) is 0 Å². The highest BCUT2D eigenvalue weighted by Crippen LogP contribution is 1.93. The SMILES string of the molecule is O=C(O)C(O)C(O)C(=O)O.O=C(O)[C@@H](O)[C@@H](O)C(=O)O. The molecule has 0 bridgehead atoms. The summed E-state index contributed by atoms with van der Waals surface area (Å²) in [5.41, 5.74) is 0. The molecular formula is C8H12O12. The Bertz CT molecular complexity index is 304. The third-order valence-electron chi connectivity index (χ3n) is 1.61. The van der Waals surface area contributed by atoms with Crippen LogP contribution in [-0.2, 0) is 19.2 Å². The van der Waals surface area contributed by atoms with E-state index >= 15 is 0 Å². The molecule has 0 spiro atoms. The fourth-order valence-electron chi connectivity index (χ4n) is 0.540. The predicted octanol–water partition coefficient (Wildman–Crippen LogP) is -4.25. The molecule has 0 rings (SSSR count). The van der Waals surface area contributed by atoms with Gasteiger partial charge in [-0.25, -0.2) is 19.2 Å². The minimum Gasteiger partial charge on any atom is -0.479 e. The number of hydrogen-bond donors (Lipinski definition) is 8. The second-order valence-corrected chi connectivity index (χ2v) is 3.13. The van der Waals surface area contributed by atoms with Crippen LogP contribution in [0.15, 0.2) is 0 Å². The van der Waals surface area contributed by atoms with E-state index in [2.05, 4.69) is 0 Å². The van der Waals surface area contributed by atoms with Gasteiger partial charge in [-0.3, -0.25) is 0 Å². The van der Waals surface area contributed by atoms with Gasteiger partial charge in [0.1, 0.15) is 0 Å². The summed E-state index contributed by atoms with van der Waals surface area (Å²) in [5, 5.41) is 65.1. The van der Waals surface area contributed by atoms with Crippen LogP contribution < -0.4 is 0 Å². The van der Waals surface area contributed by atoms with Crippen LogP contribution in [0.3, 0.4) is 0 Å². The number of rotatable bonds is 6. The lowest BCUT2D eigenvalue weighted by Crippen LogP contribution is -2.39. The van der Waals surface area contributed by atoms with Gasteiger partial charge in [0, 0.05) is 0 Å². The summed E-state index contributed by atoms with van der Waals surface area (Å²) >= 11 is 0. The Hall–Kier alpha value is -2.28. The van der Waals surface area contributed by atoms with Crippen LogP contribution in [0.2, 0.25) is 0 Å². The van der Waals surface area contributed by atoms with Crippen molar-refractivity contribution in [2.45, 2.75) is 24.4 Å². The molecule has 0 aromatic carbocycles. The number of aliphatic hydroxyl groups excluding tert-OH is 4. The summed E-state index contributed by atoms with van der Waals surface area (Å²) in [6.45, 7) is 0. The molecule has 12 nitrogen and oxygen atoms in total. The van der Waals surface area contributed by atoms with Gasteiger partial charge in [-0.15, -0.1) is 0 Å². The maximum absolute atomic E-state index is 9.77. The van der Waals surface area contributed by atoms with Crippen molar-refractivity contribution in [2.24, 2.45) is 0 Å². The molecule has 0 radical (unpaired) electrons. The van der Waals surface area contributed by atoms with Crippen molar-refractivity contribution < 1.29 is 60.0 Å². The molecule has 0 aromatic heterocycles. The molecular weight excluding hydrogens is 288 g/mol. The molecule has 0 heterocycles. The average Bonchev–Trinajstić information content (AvgIpc) is 2.35. The molecule has 0 aliphatic rings. The molecule has 4 atom stereocenters. The quantitative estimate of drug-likeness (QED) is 0.233. The largest absolute Gasteiger partial charge is 0.479 e. The van der Waals surface area contributed by atoms with E-state index in [9.17, 15) is 19.2 Å². The summed E-state index contributed by atoms with van der Waals surface area (Å²) < 4.78 is 0. The zero-order chi connectivity index (χ0) is 16.6. The van der Waals surface area contributed by atoms with Crippen LogP contribution in [0.25, 0.3) is 0 Å². The molecule has 0 saturated heterocycles. The number of carboxylic acids is 4. The number of aliphatic hydroxyl groups is 4. The van der Waals surface area contributed by atoms with Crippen molar-refractivity contribution in [1.29, 1.82) is 0 Å². The number of aliphatic carboxylic acids is 4. The first-order valence-electron chi connectivity index (χ1n) is 4.57. The van der Waals surface area contributed by atoms with Crippen molar-refractivity contribution >= 4 is 23.9 Å². The first-order chi connectivity index (χ1) is 8.93. The zero-order valence-electron chi connectivity index (χ0n) is 9.52. The maximum atomic E-state index is 9.77. The van der Waals surface area contributed by atoms with E-state index in [1.807, 2.05) is 0 Å². The van der Waals surface area contributed by atoms with Crippen molar-refractivity contribution in [1.82, 2.24) is 0 Å². The van der Waals surface area contributed by atoms with Gasteiger partial charge in [-0.05, 0) is 0 Å². The Kier molecular flexibility index (Phi) is 8.78. The van der Waals surface area contributed by atoms with Gasteiger partial charge >= 0.3 is 23.9 Å². The monoisotopic (exact) mass is 300 g/mol. The topological polar surface area (TPSA) is 230 Å². The second kappa shape index (κ2) is 8.76. The van der Waals surface area contributed by atoms with Crippen LogP contribution >= 0.6 is 0 Å². The van der Waals surface area contributed by atoms with E-state index in [1.165, 1.54) is 0 Å². The van der Waals surface area contributed by atoms with Crippen LogP contribution in [0.1, 0.15) is 0 Å². The van der Waals surface area contributed by atoms with E-state index in [0.29, 0.717) is 0 Å². The third kappa shape index (κ3) is 7.22. The van der Waals surface area contributed by atoms with Gasteiger partial charge in [0.25, 0.3) is 0 Å². The van der Waals surface area contributed by atoms with E-state index in [0.717, 1.165) is 0 Å². The smallest absolute Gasteiger partial charge is 0.335 e. The summed E-state index contributed by atoms with van der Waals surface area (Å²) in [6, 6.07) is 0. The van der Waals surface area contributed by atoms with Gasteiger partial charge in [-0.1, -0.05) is 0 Å². The molecule has 8 N–H and O–H groups in total. The lowest BCUT2D eigenvalue weighted by Gasteiger charge is -2.07. The minimum absolute atomic E-state index is 1.77. The van der Waals surface area contributed by atoms with E-state index in [1.54, 1.807) is 0 Å². The molecule has 2 unspecified atom stereocenters. The van der Waals surface area contributed by atoms with Crippen molar-refractivity contribution in [3.05, 3.63) is 0 Å². The van der Waals surface area contributed by atoms with E-state index in [-0.39, 0.29) is 0 Å². The fraction of sp³-hybridized carbons (Fsp3) is 0.500. The van der Waals surface area contributed by atoms with Gasteiger partial charge in [-0.2, -0.15) is 0 Å². The molecule has 0 amide bonds. The first-order valence-corrected chi connectivity index (χ1v) is 4.57. The Balaban J connectivity index is 0. The molecule has 116 valence electrons. The highest BCUT2D eigenvalue weighted by atomic mass is 16.4. The van der Waals surface area contributed by atoms with Crippen LogP contribution in [-0.4, -0.2) is 89.1 Å². The predicted molar refractivity (Wildman–Crippen MR) is 54.6 cm³/mol. The van der Waals surface area contributed by atoms with Crippen molar-refractivity contribution in [3.8, 4) is 0 Å². The zero-order valence-corrected chi connectivity index (χ0v) is 9.52. The molecule has 0 aromatic rings. The summed E-state index contributed by atoms with van der Waals surface area (Å²) in [6.07, 6.45) is -9.06. The first kappa shape index (κ1) is 20.0. The average molecular weight is 300 g/mol. The van der Waals surface area contributed by atoms with E-state index in [4.69, 9.17) is 40.9 Å². The number of carbonyl (C=O) groups is 4. The maximum Gasteiger partial charge on any atom is 0.335 e. The molecule has 0 aliphatic carbocycles. The number of carboxylic acid groups (broad SMARTS) is 4. The Morgan fingerprint density at radius 2 is 0.550 bits per heavy atom. The summed E-state index contributed by atoms with van der Waals surface area (Å²) in [7, 11) is 0. The van der Waals surface area contributed by atoms with Crippen LogP contribution in [0.5, 0.6) is 0 Å². The highest BCUT2D eigenvalue weighted by Gasteiger charge is 2.30. The Morgan fingerprint density at radius 3 is 0.600 bits per heavy atom. The van der Waals surface area contributed by atoms with Gasteiger partial charge in [0.2, 0.25) is 0 Å². The summed E-state index contributed by atoms with van der Waals surface area (Å²) in [5.74, 6) is -7.07. The molecule has 0 saturated carbocycles. The Morgan fingerprint density at radius 1 is 0.450 bits per heavy atom. The standard InChI is InChI=1S/2C4H6O6/c2*5-1(3(7)8)2(6)4(9)10/h2*1-2,5-6H,(H,7,8)(H,9,10)/t1-,2+;. The van der Waals surface area contributed by atoms with Gasteiger partial charge < -0.3 is 40.9 Å². The summed E-state index contributed by atoms with van der Waals surface area (Å²) in [4.78, 5) is 39.1. The normalized spacial score (nSPS) is 15.8. The molecule has 12 heteroatoms. The number of hydrogen-bond acceptors (Lipinski definition) is 8. The molecule has 0 aliphatic heterocycles. The lowest BCUT2D eigenvalue weighted by atomic mass is 10.2. The van der Waals surface area contributed by atoms with Crippen molar-refractivity contribution in [2.75, 3.05) is 0 Å². The second-order valence-electron chi connectivity index (χ2n) is 3.13. The fourth-order valence-corrected chi connectivity index (χ4v) is 0.540. The van der Waals surface area contributed by atoms with Crippen LogP contribution in [0, 0.1) is 0 Å².